The molecule has 1 aliphatic heterocycles. The molecule has 1 aromatic heterocycles. The molecule has 3 atom stereocenters. The van der Waals surface area contributed by atoms with Crippen molar-refractivity contribution in [2.45, 2.75) is 24.3 Å². The molecule has 2 aromatic rings. The highest BCUT2D eigenvalue weighted by Crippen LogP contribution is 2.39. The zero-order chi connectivity index (χ0) is 13.5. The lowest BCUT2D eigenvalue weighted by Gasteiger charge is -2.27. The van der Waals surface area contributed by atoms with Gasteiger partial charge in [0.25, 0.3) is 0 Å². The summed E-state index contributed by atoms with van der Waals surface area (Å²) in [5, 5.41) is 7.57. The monoisotopic (exact) mass is 287 g/mol. The molecule has 4 nitrogen and oxygen atoms in total. The second-order valence-corrected chi connectivity index (χ2v) is 6.56. The second-order valence-electron chi connectivity index (χ2n) is 5.49. The number of likely N-dealkylation sites (N-methyl/N-ethyl adjacent to an activating group) is 1. The van der Waals surface area contributed by atoms with Gasteiger partial charge in [0, 0.05) is 17.5 Å². The summed E-state index contributed by atoms with van der Waals surface area (Å²) in [4.78, 5) is 4.68. The molecule has 1 aromatic carbocycles. The molecule has 0 saturated carbocycles. The number of aromatic nitrogens is 2. The first-order valence-corrected chi connectivity index (χ1v) is 8.18. The quantitative estimate of drug-likeness (QED) is 0.937. The van der Waals surface area contributed by atoms with Crippen molar-refractivity contribution >= 4 is 11.8 Å². The van der Waals surface area contributed by atoms with Crippen LogP contribution >= 0.6 is 11.8 Å². The van der Waals surface area contributed by atoms with Crippen molar-refractivity contribution in [1.29, 1.82) is 0 Å². The first kappa shape index (κ1) is 12.4. The summed E-state index contributed by atoms with van der Waals surface area (Å²) in [5.41, 5.74) is 2.76. The third-order valence-corrected chi connectivity index (χ3v) is 5.58. The van der Waals surface area contributed by atoms with Crippen molar-refractivity contribution in [2.24, 2.45) is 0 Å². The normalized spacial score (nSPS) is 28.1. The van der Waals surface area contributed by atoms with Crippen LogP contribution in [-0.4, -0.2) is 34.7 Å². The largest absolute Gasteiger partial charge is 0.339 e. The van der Waals surface area contributed by atoms with E-state index in [1.54, 1.807) is 0 Å². The van der Waals surface area contributed by atoms with E-state index < -0.39 is 0 Å². The maximum absolute atomic E-state index is 5.54. The Morgan fingerprint density at radius 3 is 3.05 bits per heavy atom. The van der Waals surface area contributed by atoms with Crippen molar-refractivity contribution in [3.63, 3.8) is 0 Å². The van der Waals surface area contributed by atoms with E-state index in [1.165, 1.54) is 11.1 Å². The van der Waals surface area contributed by atoms with Gasteiger partial charge in [-0.3, -0.25) is 0 Å². The van der Waals surface area contributed by atoms with Crippen LogP contribution in [-0.2, 0) is 6.42 Å². The van der Waals surface area contributed by atoms with E-state index in [9.17, 15) is 0 Å². The van der Waals surface area contributed by atoms with Gasteiger partial charge in [-0.25, -0.2) is 0 Å². The van der Waals surface area contributed by atoms with E-state index in [-0.39, 0.29) is 0 Å². The molecule has 4 rings (SSSR count). The first-order chi connectivity index (χ1) is 9.86. The highest BCUT2D eigenvalue weighted by molar-refractivity contribution is 7.99. The molecule has 0 radical (unpaired) electrons. The number of nitrogens with one attached hydrogen (secondary N) is 1. The van der Waals surface area contributed by atoms with Gasteiger partial charge in [-0.05, 0) is 24.6 Å². The summed E-state index contributed by atoms with van der Waals surface area (Å²) in [7, 11) is 2.00. The number of hydrogen-bond donors (Lipinski definition) is 1. The summed E-state index contributed by atoms with van der Waals surface area (Å²) in [6.45, 7) is 0. The van der Waals surface area contributed by atoms with E-state index in [4.69, 9.17) is 4.52 Å². The van der Waals surface area contributed by atoms with Crippen LogP contribution in [0.3, 0.4) is 0 Å². The van der Waals surface area contributed by atoms with Crippen molar-refractivity contribution in [1.82, 2.24) is 15.5 Å². The van der Waals surface area contributed by atoms with Crippen LogP contribution in [0.15, 0.2) is 28.8 Å². The van der Waals surface area contributed by atoms with E-state index in [2.05, 4.69) is 39.7 Å². The predicted octanol–water partition coefficient (Wildman–Crippen LogP) is 2.18. The molecule has 3 unspecified atom stereocenters. The molecule has 2 heterocycles. The van der Waals surface area contributed by atoms with E-state index in [0.29, 0.717) is 17.9 Å². The Kier molecular flexibility index (Phi) is 3.04. The summed E-state index contributed by atoms with van der Waals surface area (Å²) >= 11 is 1.95. The van der Waals surface area contributed by atoms with Gasteiger partial charge >= 0.3 is 0 Å². The Labute approximate surface area is 122 Å². The van der Waals surface area contributed by atoms with E-state index in [1.807, 2.05) is 18.8 Å². The maximum atomic E-state index is 5.54. The van der Waals surface area contributed by atoms with Crippen LogP contribution in [0.2, 0.25) is 0 Å². The topological polar surface area (TPSA) is 51.0 Å². The van der Waals surface area contributed by atoms with Crippen LogP contribution < -0.4 is 5.32 Å². The molecule has 20 heavy (non-hydrogen) atoms. The van der Waals surface area contributed by atoms with Gasteiger partial charge in [-0.2, -0.15) is 16.7 Å². The molecule has 2 aliphatic rings. The van der Waals surface area contributed by atoms with Gasteiger partial charge < -0.3 is 9.84 Å². The summed E-state index contributed by atoms with van der Waals surface area (Å²) in [5.74, 6) is 4.51. The van der Waals surface area contributed by atoms with Crippen LogP contribution in [0.1, 0.15) is 34.7 Å². The number of hydrogen-bond acceptors (Lipinski definition) is 5. The van der Waals surface area contributed by atoms with Gasteiger partial charge in [0.2, 0.25) is 5.89 Å². The van der Waals surface area contributed by atoms with Crippen molar-refractivity contribution in [2.75, 3.05) is 18.6 Å². The van der Waals surface area contributed by atoms with Crippen molar-refractivity contribution in [3.05, 3.63) is 47.1 Å². The van der Waals surface area contributed by atoms with Gasteiger partial charge in [0.1, 0.15) is 0 Å². The smallest absolute Gasteiger partial charge is 0.232 e. The molecular formula is C15H17N3OS. The minimum absolute atomic E-state index is 0.325. The van der Waals surface area contributed by atoms with Gasteiger partial charge in [0.05, 0.1) is 11.8 Å². The highest BCUT2D eigenvalue weighted by atomic mass is 32.2. The number of thioether (sulfide) groups is 1. The van der Waals surface area contributed by atoms with E-state index in [0.717, 1.165) is 29.6 Å². The summed E-state index contributed by atoms with van der Waals surface area (Å²) < 4.78 is 5.54. The molecule has 0 amide bonds. The summed E-state index contributed by atoms with van der Waals surface area (Å²) in [6, 6.07) is 8.96. The van der Waals surface area contributed by atoms with Gasteiger partial charge in [0.15, 0.2) is 5.82 Å². The number of nitrogens with zero attached hydrogens (tertiary/aromatic N) is 2. The predicted molar refractivity (Wildman–Crippen MR) is 79.2 cm³/mol. The first-order valence-electron chi connectivity index (χ1n) is 7.03. The maximum Gasteiger partial charge on any atom is 0.232 e. The van der Waals surface area contributed by atoms with Crippen molar-refractivity contribution < 1.29 is 4.52 Å². The molecule has 104 valence electrons. The SMILES string of the molecule is CNC1CSCC1c1nc(C2Cc3ccccc32)no1. The Morgan fingerprint density at radius 1 is 1.30 bits per heavy atom. The van der Waals surface area contributed by atoms with Crippen LogP contribution in [0, 0.1) is 0 Å². The minimum Gasteiger partial charge on any atom is -0.339 e. The molecule has 1 fully saturated rings. The molecule has 1 N–H and O–H groups in total. The van der Waals surface area contributed by atoms with Crippen molar-refractivity contribution in [3.8, 4) is 0 Å². The van der Waals surface area contributed by atoms with Gasteiger partial charge in [-0.1, -0.05) is 29.4 Å². The van der Waals surface area contributed by atoms with Crippen LogP contribution in [0.25, 0.3) is 0 Å². The van der Waals surface area contributed by atoms with Crippen LogP contribution in [0.5, 0.6) is 0 Å². The Morgan fingerprint density at radius 2 is 2.20 bits per heavy atom. The third kappa shape index (κ3) is 1.88. The fourth-order valence-corrected chi connectivity index (χ4v) is 4.53. The second kappa shape index (κ2) is 4.90. The standard InChI is InChI=1S/C15H17N3OS/c1-16-13-8-20-7-12(13)15-17-14(18-19-15)11-6-9-4-2-3-5-10(9)11/h2-5,11-13,16H,6-8H2,1H3. The third-order valence-electron chi connectivity index (χ3n) is 4.39. The number of fused-ring (bicyclic) bond motifs is 1. The van der Waals surface area contributed by atoms with Gasteiger partial charge in [-0.15, -0.1) is 0 Å². The van der Waals surface area contributed by atoms with Crippen LogP contribution in [0.4, 0.5) is 0 Å². The lowest BCUT2D eigenvalue weighted by atomic mass is 9.77. The zero-order valence-electron chi connectivity index (χ0n) is 11.4. The highest BCUT2D eigenvalue weighted by Gasteiger charge is 2.35. The summed E-state index contributed by atoms with van der Waals surface area (Å²) in [6.07, 6.45) is 1.03. The molecule has 0 spiro atoms. The lowest BCUT2D eigenvalue weighted by molar-refractivity contribution is 0.338. The Balaban J connectivity index is 1.58. The molecule has 1 saturated heterocycles. The zero-order valence-corrected chi connectivity index (χ0v) is 12.2. The van der Waals surface area contributed by atoms with E-state index >= 15 is 0 Å². The molecule has 5 heteroatoms. The molecule has 0 bridgehead atoms. The molecular weight excluding hydrogens is 270 g/mol. The fourth-order valence-electron chi connectivity index (χ4n) is 3.11. The Bertz CT molecular complexity index is 627. The fraction of sp³-hybridized carbons (Fsp3) is 0.467. The average Bonchev–Trinajstić information content (AvgIpc) is 3.08. The number of benzene rings is 1. The lowest BCUT2D eigenvalue weighted by Crippen LogP contribution is -2.31. The Hall–Kier alpha value is -1.33. The molecule has 1 aliphatic carbocycles. The average molecular weight is 287 g/mol. The minimum atomic E-state index is 0.325. The number of rotatable bonds is 3.